The maximum atomic E-state index is 12.1. The van der Waals surface area contributed by atoms with Crippen LogP contribution in [0.2, 0.25) is 0 Å². The van der Waals surface area contributed by atoms with E-state index in [4.69, 9.17) is 9.47 Å². The minimum absolute atomic E-state index is 0.120. The molecule has 4 N–H and O–H groups in total. The molecule has 0 radical (unpaired) electrons. The molecule has 0 heterocycles. The normalized spacial score (nSPS) is 12.1. The SMILES string of the molecule is C[C@H](NCCCCCCCCCCCN[C@@H](C)C(=O)NC(=O)OCc1ccccc1)C(=O)NC(=O)OCc1ccccc1. The predicted octanol–water partition coefficient (Wildman–Crippen LogP) is 5.36. The van der Waals surface area contributed by atoms with Crippen LogP contribution in [0.5, 0.6) is 0 Å². The number of benzene rings is 2. The summed E-state index contributed by atoms with van der Waals surface area (Å²) >= 11 is 0. The Labute approximate surface area is 255 Å². The molecule has 43 heavy (non-hydrogen) atoms. The van der Waals surface area contributed by atoms with Crippen LogP contribution >= 0.6 is 0 Å². The molecule has 0 aliphatic heterocycles. The van der Waals surface area contributed by atoms with Crippen molar-refractivity contribution in [2.24, 2.45) is 0 Å². The minimum atomic E-state index is -0.741. The Kier molecular flexibility index (Phi) is 18.0. The molecule has 2 aromatic rings. The fourth-order valence-electron chi connectivity index (χ4n) is 4.25. The zero-order chi connectivity index (χ0) is 31.1. The Balaban J connectivity index is 1.36. The Morgan fingerprint density at radius 3 is 1.21 bits per heavy atom. The van der Waals surface area contributed by atoms with Gasteiger partial charge in [0.05, 0.1) is 12.1 Å². The zero-order valence-corrected chi connectivity index (χ0v) is 25.6. The zero-order valence-electron chi connectivity index (χ0n) is 25.6. The number of rotatable bonds is 20. The highest BCUT2D eigenvalue weighted by Crippen LogP contribution is 2.09. The quantitative estimate of drug-likeness (QED) is 0.150. The summed E-state index contributed by atoms with van der Waals surface area (Å²) < 4.78 is 10.2. The van der Waals surface area contributed by atoms with E-state index in [2.05, 4.69) is 21.3 Å². The number of alkyl carbamates (subject to hydrolysis) is 2. The lowest BCUT2D eigenvalue weighted by Gasteiger charge is -2.13. The van der Waals surface area contributed by atoms with Crippen molar-refractivity contribution >= 4 is 24.0 Å². The maximum Gasteiger partial charge on any atom is 0.414 e. The second kappa shape index (κ2) is 21.9. The molecule has 2 rings (SSSR count). The van der Waals surface area contributed by atoms with Crippen LogP contribution in [0.4, 0.5) is 9.59 Å². The summed E-state index contributed by atoms with van der Waals surface area (Å²) in [5.41, 5.74) is 1.72. The van der Waals surface area contributed by atoms with Crippen molar-refractivity contribution in [1.29, 1.82) is 0 Å². The minimum Gasteiger partial charge on any atom is -0.444 e. The summed E-state index contributed by atoms with van der Waals surface area (Å²) in [4.78, 5) is 48.0. The molecule has 0 aliphatic carbocycles. The molecule has 0 aliphatic rings. The van der Waals surface area contributed by atoms with E-state index in [-0.39, 0.29) is 13.2 Å². The van der Waals surface area contributed by atoms with Crippen LogP contribution in [0, 0.1) is 0 Å². The number of carbonyl (C=O) groups excluding carboxylic acids is 4. The van der Waals surface area contributed by atoms with Gasteiger partial charge in [0.2, 0.25) is 11.8 Å². The molecule has 0 fully saturated rings. The first-order chi connectivity index (χ1) is 20.8. The van der Waals surface area contributed by atoms with Gasteiger partial charge in [0, 0.05) is 0 Å². The van der Waals surface area contributed by atoms with Crippen LogP contribution in [0.1, 0.15) is 82.8 Å². The number of imide groups is 2. The highest BCUT2D eigenvalue weighted by molar-refractivity contribution is 5.95. The van der Waals surface area contributed by atoms with E-state index in [1.165, 1.54) is 19.3 Å². The molecule has 2 aromatic carbocycles. The lowest BCUT2D eigenvalue weighted by molar-refractivity contribution is -0.123. The van der Waals surface area contributed by atoms with Gasteiger partial charge in [-0.05, 0) is 50.9 Å². The van der Waals surface area contributed by atoms with Gasteiger partial charge in [-0.2, -0.15) is 0 Å². The van der Waals surface area contributed by atoms with Crippen molar-refractivity contribution in [3.63, 3.8) is 0 Å². The third-order valence-corrected chi connectivity index (χ3v) is 6.92. The second-order valence-corrected chi connectivity index (χ2v) is 10.6. The van der Waals surface area contributed by atoms with Crippen LogP contribution in [0.3, 0.4) is 0 Å². The summed E-state index contributed by atoms with van der Waals surface area (Å²) in [6.07, 6.45) is 8.48. The van der Waals surface area contributed by atoms with E-state index < -0.39 is 36.1 Å². The van der Waals surface area contributed by atoms with Crippen molar-refractivity contribution in [3.05, 3.63) is 71.8 Å². The van der Waals surface area contributed by atoms with Crippen LogP contribution in [-0.2, 0) is 32.3 Å². The number of nitrogens with one attached hydrogen (secondary N) is 4. The van der Waals surface area contributed by atoms with E-state index in [0.717, 1.165) is 49.7 Å². The highest BCUT2D eigenvalue weighted by Gasteiger charge is 2.17. The second-order valence-electron chi connectivity index (χ2n) is 10.6. The average molecular weight is 597 g/mol. The molecular weight excluding hydrogens is 548 g/mol. The molecule has 236 valence electrons. The molecule has 0 spiro atoms. The van der Waals surface area contributed by atoms with Gasteiger partial charge in [0.1, 0.15) is 13.2 Å². The van der Waals surface area contributed by atoms with E-state index >= 15 is 0 Å². The third kappa shape index (κ3) is 17.1. The van der Waals surface area contributed by atoms with Gasteiger partial charge in [0.15, 0.2) is 0 Å². The molecule has 0 saturated heterocycles. The first-order valence-electron chi connectivity index (χ1n) is 15.3. The van der Waals surface area contributed by atoms with Crippen LogP contribution in [0.25, 0.3) is 0 Å². The van der Waals surface area contributed by atoms with E-state index in [0.29, 0.717) is 13.1 Å². The lowest BCUT2D eigenvalue weighted by atomic mass is 10.1. The van der Waals surface area contributed by atoms with Gasteiger partial charge in [0.25, 0.3) is 0 Å². The van der Waals surface area contributed by atoms with Gasteiger partial charge in [-0.25, -0.2) is 9.59 Å². The Morgan fingerprint density at radius 1 is 0.535 bits per heavy atom. The summed E-state index contributed by atoms with van der Waals surface area (Å²) in [7, 11) is 0. The topological polar surface area (TPSA) is 135 Å². The first kappa shape index (κ1) is 35.4. The van der Waals surface area contributed by atoms with Gasteiger partial charge in [-0.3, -0.25) is 20.2 Å². The summed E-state index contributed by atoms with van der Waals surface area (Å²) in [6, 6.07) is 17.7. The van der Waals surface area contributed by atoms with E-state index in [1.54, 1.807) is 13.8 Å². The van der Waals surface area contributed by atoms with E-state index in [9.17, 15) is 19.2 Å². The molecule has 10 nitrogen and oxygen atoms in total. The molecule has 0 unspecified atom stereocenters. The van der Waals surface area contributed by atoms with Crippen LogP contribution in [0.15, 0.2) is 60.7 Å². The number of hydrogen-bond donors (Lipinski definition) is 4. The number of carbonyl (C=O) groups is 4. The van der Waals surface area contributed by atoms with Gasteiger partial charge >= 0.3 is 12.2 Å². The Hall–Kier alpha value is -3.76. The van der Waals surface area contributed by atoms with Crippen molar-refractivity contribution in [2.75, 3.05) is 13.1 Å². The molecule has 0 aromatic heterocycles. The number of ether oxygens (including phenoxy) is 2. The molecular formula is C33H48N4O6. The maximum absolute atomic E-state index is 12.1. The number of hydrogen-bond acceptors (Lipinski definition) is 8. The lowest BCUT2D eigenvalue weighted by Crippen LogP contribution is -2.45. The fraction of sp³-hybridized carbons (Fsp3) is 0.515. The molecule has 0 saturated carbocycles. The predicted molar refractivity (Wildman–Crippen MR) is 166 cm³/mol. The largest absolute Gasteiger partial charge is 0.444 e. The Morgan fingerprint density at radius 2 is 0.860 bits per heavy atom. The molecule has 2 atom stereocenters. The average Bonchev–Trinajstić information content (AvgIpc) is 3.02. The Bertz CT molecular complexity index is 998. The van der Waals surface area contributed by atoms with Gasteiger partial charge < -0.3 is 20.1 Å². The molecule has 0 bridgehead atoms. The van der Waals surface area contributed by atoms with E-state index in [1.807, 2.05) is 60.7 Å². The molecule has 4 amide bonds. The first-order valence-corrected chi connectivity index (χ1v) is 15.3. The summed E-state index contributed by atoms with van der Waals surface area (Å²) in [5, 5.41) is 10.8. The highest BCUT2D eigenvalue weighted by atomic mass is 16.6. The summed E-state index contributed by atoms with van der Waals surface area (Å²) in [6.45, 7) is 5.13. The van der Waals surface area contributed by atoms with Crippen LogP contribution < -0.4 is 21.3 Å². The van der Waals surface area contributed by atoms with Crippen molar-refractivity contribution in [1.82, 2.24) is 21.3 Å². The third-order valence-electron chi connectivity index (χ3n) is 6.92. The smallest absolute Gasteiger partial charge is 0.414 e. The molecule has 10 heteroatoms. The fourth-order valence-corrected chi connectivity index (χ4v) is 4.25. The van der Waals surface area contributed by atoms with Gasteiger partial charge in [-0.1, -0.05) is 106 Å². The van der Waals surface area contributed by atoms with Crippen LogP contribution in [-0.4, -0.2) is 49.2 Å². The number of amides is 4. The standard InChI is InChI=1S/C33H48N4O6/c1-26(30(38)36-32(40)42-24-28-18-12-10-13-19-28)34-22-16-8-6-4-3-5-7-9-17-23-35-27(2)31(39)37-33(41)43-25-29-20-14-11-15-21-29/h10-15,18-21,26-27,34-35H,3-9,16-17,22-25H2,1-2H3,(H,36,38,40)(H,37,39,41)/t26-,27-/m0/s1. The van der Waals surface area contributed by atoms with Gasteiger partial charge in [-0.15, -0.1) is 0 Å². The van der Waals surface area contributed by atoms with Crippen molar-refractivity contribution in [2.45, 2.75) is 96.9 Å². The number of unbranched alkanes of at least 4 members (excludes halogenated alkanes) is 8. The monoisotopic (exact) mass is 596 g/mol. The summed E-state index contributed by atoms with van der Waals surface area (Å²) in [5.74, 6) is -0.796. The van der Waals surface area contributed by atoms with Crippen molar-refractivity contribution in [3.8, 4) is 0 Å². The van der Waals surface area contributed by atoms with Crippen molar-refractivity contribution < 1.29 is 28.7 Å².